The third-order valence-electron chi connectivity index (χ3n) is 2.05. The molecule has 2 nitrogen and oxygen atoms in total. The minimum absolute atomic E-state index is 0.564. The summed E-state index contributed by atoms with van der Waals surface area (Å²) in [5.41, 5.74) is 0. The second kappa shape index (κ2) is 4.01. The standard InChI is InChI=1S/C9H12O2S/c1-2-5-10-9(3-1)8-4-6-11-12-7-8/h1-3,8H,4-7H2. The predicted octanol–water partition coefficient (Wildman–Crippen LogP) is 2.14. The van der Waals surface area contributed by atoms with Gasteiger partial charge in [0.2, 0.25) is 0 Å². The molecular weight excluding hydrogens is 172 g/mol. The molecule has 2 aliphatic heterocycles. The van der Waals surface area contributed by atoms with Crippen LogP contribution >= 0.6 is 12.0 Å². The molecule has 3 heteroatoms. The average Bonchev–Trinajstić information content (AvgIpc) is 2.21. The summed E-state index contributed by atoms with van der Waals surface area (Å²) in [5, 5.41) is 0. The highest BCUT2D eigenvalue weighted by Gasteiger charge is 2.20. The SMILES string of the molecule is C1=CCOC(C2CCOSC2)=C1. The van der Waals surface area contributed by atoms with Crippen molar-refractivity contribution in [2.75, 3.05) is 19.0 Å². The van der Waals surface area contributed by atoms with Gasteiger partial charge in [0.05, 0.1) is 6.61 Å². The second-order valence-corrected chi connectivity index (χ2v) is 3.71. The van der Waals surface area contributed by atoms with E-state index in [4.69, 9.17) is 8.92 Å². The largest absolute Gasteiger partial charge is 0.494 e. The molecule has 2 aliphatic rings. The highest BCUT2D eigenvalue weighted by Crippen LogP contribution is 2.28. The summed E-state index contributed by atoms with van der Waals surface area (Å²) in [4.78, 5) is 0. The first-order valence-corrected chi connectivity index (χ1v) is 5.12. The monoisotopic (exact) mass is 184 g/mol. The normalized spacial score (nSPS) is 29.3. The Kier molecular flexibility index (Phi) is 2.74. The first kappa shape index (κ1) is 8.20. The van der Waals surface area contributed by atoms with Crippen molar-refractivity contribution >= 4 is 12.0 Å². The molecule has 0 amide bonds. The lowest BCUT2D eigenvalue weighted by atomic mass is 10.0. The van der Waals surface area contributed by atoms with Crippen LogP contribution in [0.25, 0.3) is 0 Å². The van der Waals surface area contributed by atoms with Crippen LogP contribution in [0.3, 0.4) is 0 Å². The van der Waals surface area contributed by atoms with E-state index in [1.807, 2.05) is 6.08 Å². The van der Waals surface area contributed by atoms with E-state index in [9.17, 15) is 0 Å². The van der Waals surface area contributed by atoms with Crippen LogP contribution in [-0.2, 0) is 8.92 Å². The van der Waals surface area contributed by atoms with Gasteiger partial charge in [0, 0.05) is 11.7 Å². The van der Waals surface area contributed by atoms with Gasteiger partial charge in [0.25, 0.3) is 0 Å². The van der Waals surface area contributed by atoms with E-state index in [0.717, 1.165) is 31.1 Å². The Morgan fingerprint density at radius 2 is 2.50 bits per heavy atom. The van der Waals surface area contributed by atoms with Crippen LogP contribution in [0.1, 0.15) is 6.42 Å². The molecule has 0 N–H and O–H groups in total. The van der Waals surface area contributed by atoms with Crippen LogP contribution in [-0.4, -0.2) is 19.0 Å². The predicted molar refractivity (Wildman–Crippen MR) is 49.7 cm³/mol. The van der Waals surface area contributed by atoms with Crippen LogP contribution in [0.5, 0.6) is 0 Å². The first-order valence-electron chi connectivity index (χ1n) is 4.21. The van der Waals surface area contributed by atoms with Crippen molar-refractivity contribution in [1.29, 1.82) is 0 Å². The van der Waals surface area contributed by atoms with Crippen molar-refractivity contribution in [3.8, 4) is 0 Å². The molecule has 0 radical (unpaired) electrons. The Hall–Kier alpha value is -0.410. The molecule has 66 valence electrons. The van der Waals surface area contributed by atoms with Gasteiger partial charge in [0.15, 0.2) is 0 Å². The molecule has 2 heterocycles. The van der Waals surface area contributed by atoms with Crippen LogP contribution in [0.2, 0.25) is 0 Å². The molecule has 0 spiro atoms. The van der Waals surface area contributed by atoms with Gasteiger partial charge in [-0.15, -0.1) is 0 Å². The van der Waals surface area contributed by atoms with Crippen LogP contribution in [0.15, 0.2) is 24.0 Å². The minimum atomic E-state index is 0.564. The van der Waals surface area contributed by atoms with Crippen molar-refractivity contribution in [2.45, 2.75) is 6.42 Å². The van der Waals surface area contributed by atoms with Gasteiger partial charge in [-0.1, -0.05) is 6.08 Å². The topological polar surface area (TPSA) is 18.5 Å². The zero-order valence-corrected chi connectivity index (χ0v) is 7.68. The third-order valence-corrected chi connectivity index (χ3v) is 2.92. The number of allylic oxidation sites excluding steroid dienone is 3. The summed E-state index contributed by atoms with van der Waals surface area (Å²) in [5.74, 6) is 2.72. The molecule has 1 fully saturated rings. The number of rotatable bonds is 1. The Morgan fingerprint density at radius 3 is 3.17 bits per heavy atom. The molecular formula is C9H12O2S. The maximum Gasteiger partial charge on any atom is 0.106 e. The zero-order valence-electron chi connectivity index (χ0n) is 6.86. The lowest BCUT2D eigenvalue weighted by Gasteiger charge is -2.24. The highest BCUT2D eigenvalue weighted by molar-refractivity contribution is 7.94. The zero-order chi connectivity index (χ0) is 8.23. The summed E-state index contributed by atoms with van der Waals surface area (Å²) in [6.45, 7) is 1.58. The van der Waals surface area contributed by atoms with E-state index < -0.39 is 0 Å². The molecule has 0 aromatic carbocycles. The maximum atomic E-state index is 5.52. The number of ether oxygens (including phenoxy) is 1. The van der Waals surface area contributed by atoms with Gasteiger partial charge in [-0.2, -0.15) is 0 Å². The molecule has 12 heavy (non-hydrogen) atoms. The first-order chi connectivity index (χ1) is 5.97. The van der Waals surface area contributed by atoms with E-state index in [1.165, 1.54) is 0 Å². The summed E-state index contributed by atoms with van der Waals surface area (Å²) in [7, 11) is 0. The molecule has 1 atom stereocenters. The van der Waals surface area contributed by atoms with E-state index in [-0.39, 0.29) is 0 Å². The fourth-order valence-corrected chi connectivity index (χ4v) is 2.16. The summed E-state index contributed by atoms with van der Waals surface area (Å²) >= 11 is 1.55. The molecule has 0 aromatic rings. The average molecular weight is 184 g/mol. The summed E-state index contributed by atoms with van der Waals surface area (Å²) < 4.78 is 10.7. The lowest BCUT2D eigenvalue weighted by Crippen LogP contribution is -2.17. The van der Waals surface area contributed by atoms with E-state index in [0.29, 0.717) is 5.92 Å². The Balaban J connectivity index is 1.97. The van der Waals surface area contributed by atoms with Crippen LogP contribution < -0.4 is 0 Å². The molecule has 1 saturated heterocycles. The Morgan fingerprint density at radius 1 is 1.50 bits per heavy atom. The molecule has 0 aliphatic carbocycles. The smallest absolute Gasteiger partial charge is 0.106 e. The van der Waals surface area contributed by atoms with Crippen molar-refractivity contribution in [2.24, 2.45) is 5.92 Å². The molecule has 0 aromatic heterocycles. The Labute approximate surface area is 76.8 Å². The summed E-state index contributed by atoms with van der Waals surface area (Å²) in [6, 6.07) is 0. The van der Waals surface area contributed by atoms with Gasteiger partial charge in [-0.3, -0.25) is 0 Å². The number of hydrogen-bond donors (Lipinski definition) is 0. The van der Waals surface area contributed by atoms with E-state index in [2.05, 4.69) is 12.2 Å². The lowest BCUT2D eigenvalue weighted by molar-refractivity contribution is 0.188. The molecule has 2 rings (SSSR count). The van der Waals surface area contributed by atoms with E-state index in [1.54, 1.807) is 12.0 Å². The fraction of sp³-hybridized carbons (Fsp3) is 0.556. The van der Waals surface area contributed by atoms with Gasteiger partial charge in [-0.25, -0.2) is 0 Å². The number of hydrogen-bond acceptors (Lipinski definition) is 3. The van der Waals surface area contributed by atoms with Gasteiger partial charge >= 0.3 is 0 Å². The molecule has 1 unspecified atom stereocenters. The van der Waals surface area contributed by atoms with Crippen LogP contribution in [0, 0.1) is 5.92 Å². The molecule has 0 saturated carbocycles. The van der Waals surface area contributed by atoms with Crippen LogP contribution in [0.4, 0.5) is 0 Å². The van der Waals surface area contributed by atoms with Gasteiger partial charge in [-0.05, 0) is 30.6 Å². The van der Waals surface area contributed by atoms with Crippen molar-refractivity contribution in [3.05, 3.63) is 24.0 Å². The van der Waals surface area contributed by atoms with Crippen molar-refractivity contribution < 1.29 is 8.92 Å². The third kappa shape index (κ3) is 1.84. The van der Waals surface area contributed by atoms with E-state index >= 15 is 0 Å². The minimum Gasteiger partial charge on any atom is -0.494 e. The van der Waals surface area contributed by atoms with Gasteiger partial charge in [0.1, 0.15) is 12.4 Å². The Bertz CT molecular complexity index is 205. The van der Waals surface area contributed by atoms with Crippen molar-refractivity contribution in [1.82, 2.24) is 0 Å². The van der Waals surface area contributed by atoms with Gasteiger partial charge < -0.3 is 8.92 Å². The van der Waals surface area contributed by atoms with Crippen molar-refractivity contribution in [3.63, 3.8) is 0 Å². The molecule has 0 bridgehead atoms. The summed E-state index contributed by atoms with van der Waals surface area (Å²) in [6.07, 6.45) is 7.25. The highest BCUT2D eigenvalue weighted by atomic mass is 32.2. The maximum absolute atomic E-state index is 5.52. The fourth-order valence-electron chi connectivity index (χ4n) is 1.35. The second-order valence-electron chi connectivity index (χ2n) is 2.90. The quantitative estimate of drug-likeness (QED) is 0.582.